The fraction of sp³-hybridized carbons (Fsp3) is 0.588. The van der Waals surface area contributed by atoms with Crippen LogP contribution < -0.4 is 5.73 Å². The summed E-state index contributed by atoms with van der Waals surface area (Å²) in [6.45, 7) is 3.81. The third-order valence-corrected chi connectivity index (χ3v) is 4.99. The Balaban J connectivity index is 0.00000192. The molecule has 4 nitrogen and oxygen atoms in total. The number of ether oxygens (including phenoxy) is 1. The van der Waals surface area contributed by atoms with Crippen molar-refractivity contribution in [2.45, 2.75) is 43.7 Å². The lowest BCUT2D eigenvalue weighted by Gasteiger charge is -2.36. The molecule has 0 bridgehead atoms. The number of halogens is 2. The van der Waals surface area contributed by atoms with Crippen molar-refractivity contribution in [3.05, 3.63) is 35.6 Å². The maximum absolute atomic E-state index is 13.1. The Morgan fingerprint density at radius 2 is 1.91 bits per heavy atom. The first-order valence-corrected chi connectivity index (χ1v) is 7.93. The van der Waals surface area contributed by atoms with Gasteiger partial charge in [-0.2, -0.15) is 0 Å². The van der Waals surface area contributed by atoms with Crippen molar-refractivity contribution in [1.82, 2.24) is 4.90 Å². The number of carbonyl (C=O) groups excluding carboxylic acids is 1. The predicted octanol–water partition coefficient (Wildman–Crippen LogP) is 2.46. The molecule has 2 aliphatic heterocycles. The van der Waals surface area contributed by atoms with E-state index < -0.39 is 5.54 Å². The molecule has 1 aromatic carbocycles. The van der Waals surface area contributed by atoms with E-state index in [2.05, 4.69) is 6.92 Å². The normalized spacial score (nSPS) is 26.7. The van der Waals surface area contributed by atoms with Gasteiger partial charge in [-0.25, -0.2) is 4.39 Å². The third-order valence-electron chi connectivity index (χ3n) is 4.99. The molecule has 3 rings (SSSR count). The summed E-state index contributed by atoms with van der Waals surface area (Å²) in [5.74, 6) is 0.0572. The van der Waals surface area contributed by atoms with Crippen molar-refractivity contribution >= 4 is 18.3 Å². The monoisotopic (exact) mass is 342 g/mol. The van der Waals surface area contributed by atoms with E-state index in [1.54, 1.807) is 0 Å². The second-order valence-corrected chi connectivity index (χ2v) is 6.56. The highest BCUT2D eigenvalue weighted by Crippen LogP contribution is 2.34. The highest BCUT2D eigenvalue weighted by atomic mass is 35.5. The number of nitrogens with two attached hydrogens (primary N) is 1. The highest BCUT2D eigenvalue weighted by molar-refractivity contribution is 5.87. The molecule has 0 spiro atoms. The minimum atomic E-state index is -0.788. The van der Waals surface area contributed by atoms with Crippen LogP contribution in [-0.2, 0) is 9.53 Å². The van der Waals surface area contributed by atoms with Gasteiger partial charge in [0, 0.05) is 31.7 Å². The molecule has 2 N–H and O–H groups in total. The lowest BCUT2D eigenvalue weighted by Crippen LogP contribution is -2.58. The SMILES string of the molecule is CC1CC(c2ccc(F)cc2)CN1C(=O)C1(N)CCOCC1.Cl. The minimum Gasteiger partial charge on any atom is -0.381 e. The van der Waals surface area contributed by atoms with Crippen LogP contribution in [0, 0.1) is 5.82 Å². The lowest BCUT2D eigenvalue weighted by molar-refractivity contribution is -0.141. The van der Waals surface area contributed by atoms with Crippen molar-refractivity contribution in [3.8, 4) is 0 Å². The van der Waals surface area contributed by atoms with Gasteiger partial charge in [0.1, 0.15) is 5.82 Å². The Bertz CT molecular complexity index is 546. The van der Waals surface area contributed by atoms with E-state index in [0.29, 0.717) is 32.6 Å². The molecule has 2 saturated heterocycles. The van der Waals surface area contributed by atoms with Gasteiger partial charge in [-0.15, -0.1) is 12.4 Å². The Morgan fingerprint density at radius 1 is 1.30 bits per heavy atom. The molecular formula is C17H24ClFN2O2. The molecule has 23 heavy (non-hydrogen) atoms. The Hall–Kier alpha value is -1.17. The smallest absolute Gasteiger partial charge is 0.243 e. The zero-order chi connectivity index (χ0) is 15.7. The average Bonchev–Trinajstić information content (AvgIpc) is 2.90. The first-order chi connectivity index (χ1) is 10.5. The molecule has 6 heteroatoms. The Kier molecular flexibility index (Phi) is 5.65. The summed E-state index contributed by atoms with van der Waals surface area (Å²) < 4.78 is 18.4. The summed E-state index contributed by atoms with van der Waals surface area (Å²) in [5.41, 5.74) is 6.63. The molecule has 0 aliphatic carbocycles. The van der Waals surface area contributed by atoms with Gasteiger partial charge in [-0.05, 0) is 43.9 Å². The largest absolute Gasteiger partial charge is 0.381 e. The standard InChI is InChI=1S/C17H23FN2O2.ClH/c1-12-10-14(13-2-4-15(18)5-3-13)11-20(12)16(21)17(19)6-8-22-9-7-17;/h2-5,12,14H,6-11,19H2,1H3;1H. The van der Waals surface area contributed by atoms with E-state index in [4.69, 9.17) is 10.5 Å². The maximum Gasteiger partial charge on any atom is 0.243 e. The summed E-state index contributed by atoms with van der Waals surface area (Å²) in [6, 6.07) is 6.74. The number of amides is 1. The van der Waals surface area contributed by atoms with Crippen LogP contribution in [0.25, 0.3) is 0 Å². The van der Waals surface area contributed by atoms with Crippen LogP contribution >= 0.6 is 12.4 Å². The zero-order valence-electron chi connectivity index (χ0n) is 13.3. The second kappa shape index (κ2) is 7.16. The molecular weight excluding hydrogens is 319 g/mol. The van der Waals surface area contributed by atoms with Crippen molar-refractivity contribution in [2.75, 3.05) is 19.8 Å². The molecule has 128 valence electrons. The van der Waals surface area contributed by atoms with Crippen molar-refractivity contribution in [2.24, 2.45) is 5.73 Å². The third kappa shape index (κ3) is 3.67. The van der Waals surface area contributed by atoms with E-state index in [1.165, 1.54) is 12.1 Å². The lowest BCUT2D eigenvalue weighted by atomic mass is 9.89. The van der Waals surface area contributed by atoms with Crippen molar-refractivity contribution in [1.29, 1.82) is 0 Å². The zero-order valence-corrected chi connectivity index (χ0v) is 14.2. The minimum absolute atomic E-state index is 0. The van der Waals surface area contributed by atoms with Crippen molar-refractivity contribution < 1.29 is 13.9 Å². The van der Waals surface area contributed by atoms with E-state index in [1.807, 2.05) is 17.0 Å². The van der Waals surface area contributed by atoms with Gasteiger partial charge >= 0.3 is 0 Å². The van der Waals surface area contributed by atoms with E-state index in [9.17, 15) is 9.18 Å². The predicted molar refractivity (Wildman–Crippen MR) is 89.2 cm³/mol. The highest BCUT2D eigenvalue weighted by Gasteiger charge is 2.43. The number of rotatable bonds is 2. The van der Waals surface area contributed by atoms with Crippen LogP contribution in [0.5, 0.6) is 0 Å². The van der Waals surface area contributed by atoms with Crippen LogP contribution in [0.3, 0.4) is 0 Å². The summed E-state index contributed by atoms with van der Waals surface area (Å²) in [5, 5.41) is 0. The molecule has 0 aromatic heterocycles. The number of benzene rings is 1. The molecule has 2 heterocycles. The molecule has 2 fully saturated rings. The fourth-order valence-electron chi connectivity index (χ4n) is 3.53. The number of hydrogen-bond acceptors (Lipinski definition) is 3. The first kappa shape index (κ1) is 18.2. The molecule has 2 unspecified atom stereocenters. The van der Waals surface area contributed by atoms with Gasteiger partial charge in [0.15, 0.2) is 0 Å². The Morgan fingerprint density at radius 3 is 2.52 bits per heavy atom. The van der Waals surface area contributed by atoms with Gasteiger partial charge in [-0.1, -0.05) is 12.1 Å². The van der Waals surface area contributed by atoms with Crippen LogP contribution in [0.2, 0.25) is 0 Å². The van der Waals surface area contributed by atoms with E-state index in [0.717, 1.165) is 12.0 Å². The molecule has 2 atom stereocenters. The summed E-state index contributed by atoms with van der Waals surface area (Å²) in [7, 11) is 0. The molecule has 0 saturated carbocycles. The number of nitrogens with zero attached hydrogens (tertiary/aromatic N) is 1. The molecule has 1 amide bonds. The van der Waals surface area contributed by atoms with Crippen LogP contribution in [-0.4, -0.2) is 42.1 Å². The van der Waals surface area contributed by atoms with Gasteiger partial charge in [0.05, 0.1) is 5.54 Å². The van der Waals surface area contributed by atoms with Gasteiger partial charge < -0.3 is 15.4 Å². The number of hydrogen-bond donors (Lipinski definition) is 1. The van der Waals surface area contributed by atoms with Gasteiger partial charge in [0.2, 0.25) is 5.91 Å². The molecule has 2 aliphatic rings. The fourth-order valence-corrected chi connectivity index (χ4v) is 3.53. The van der Waals surface area contributed by atoms with Crippen LogP contribution in [0.4, 0.5) is 4.39 Å². The molecule has 0 radical (unpaired) electrons. The van der Waals surface area contributed by atoms with E-state index in [-0.39, 0.29) is 36.1 Å². The van der Waals surface area contributed by atoms with Gasteiger partial charge in [-0.3, -0.25) is 4.79 Å². The van der Waals surface area contributed by atoms with Crippen LogP contribution in [0.1, 0.15) is 37.7 Å². The second-order valence-electron chi connectivity index (χ2n) is 6.56. The van der Waals surface area contributed by atoms with Gasteiger partial charge in [0.25, 0.3) is 0 Å². The summed E-state index contributed by atoms with van der Waals surface area (Å²) in [6.07, 6.45) is 2.05. The quantitative estimate of drug-likeness (QED) is 0.898. The number of carbonyl (C=O) groups is 1. The topological polar surface area (TPSA) is 55.6 Å². The summed E-state index contributed by atoms with van der Waals surface area (Å²) >= 11 is 0. The van der Waals surface area contributed by atoms with E-state index >= 15 is 0 Å². The first-order valence-electron chi connectivity index (χ1n) is 7.93. The summed E-state index contributed by atoms with van der Waals surface area (Å²) in [4.78, 5) is 14.8. The number of likely N-dealkylation sites (tertiary alicyclic amines) is 1. The molecule has 1 aromatic rings. The average molecular weight is 343 g/mol. The van der Waals surface area contributed by atoms with Crippen LogP contribution in [0.15, 0.2) is 24.3 Å². The van der Waals surface area contributed by atoms with Crippen molar-refractivity contribution in [3.63, 3.8) is 0 Å². The Labute approximate surface area is 142 Å². The maximum atomic E-state index is 13.1.